The molecule has 0 radical (unpaired) electrons. The second-order valence-corrected chi connectivity index (χ2v) is 7.19. The lowest BCUT2D eigenvalue weighted by Crippen LogP contribution is -2.43. The first-order chi connectivity index (χ1) is 10.3. The van der Waals surface area contributed by atoms with Crippen molar-refractivity contribution < 1.29 is 19.1 Å². The Balaban J connectivity index is 1.81. The van der Waals surface area contributed by atoms with Gasteiger partial charge in [0.2, 0.25) is 0 Å². The molecule has 22 heavy (non-hydrogen) atoms. The van der Waals surface area contributed by atoms with Gasteiger partial charge in [-0.25, -0.2) is 9.59 Å². The molecule has 1 amide bonds. The monoisotopic (exact) mass is 326 g/mol. The number of hydrogen-bond acceptors (Lipinski definition) is 6. The first-order valence-corrected chi connectivity index (χ1v) is 8.16. The summed E-state index contributed by atoms with van der Waals surface area (Å²) < 4.78 is 10.8. The largest absolute Gasteiger partial charge is 0.458 e. The van der Waals surface area contributed by atoms with Crippen molar-refractivity contribution in [2.45, 2.75) is 45.3 Å². The summed E-state index contributed by atoms with van der Waals surface area (Å²) in [6, 6.07) is 1.69. The average Bonchev–Trinajstić information content (AvgIpc) is 2.84. The molecule has 0 aliphatic carbocycles. The van der Waals surface area contributed by atoms with Crippen LogP contribution in [0.4, 0.5) is 10.5 Å². The maximum absolute atomic E-state index is 12.0. The van der Waals surface area contributed by atoms with Crippen molar-refractivity contribution in [3.05, 3.63) is 16.3 Å². The topological polar surface area (TPSA) is 81.9 Å². The number of nitrogens with zero attached hydrogens (tertiary/aromatic N) is 1. The van der Waals surface area contributed by atoms with E-state index in [1.165, 1.54) is 11.3 Å². The van der Waals surface area contributed by atoms with Crippen LogP contribution in [0.3, 0.4) is 0 Å². The summed E-state index contributed by atoms with van der Waals surface area (Å²) in [5, 5.41) is 1.76. The van der Waals surface area contributed by atoms with Crippen molar-refractivity contribution in [2.24, 2.45) is 0 Å². The molecule has 2 rings (SSSR count). The van der Waals surface area contributed by atoms with Crippen molar-refractivity contribution in [2.75, 3.05) is 18.8 Å². The number of ether oxygens (including phenoxy) is 2. The van der Waals surface area contributed by atoms with Crippen LogP contribution in [-0.4, -0.2) is 41.8 Å². The van der Waals surface area contributed by atoms with Crippen LogP contribution < -0.4 is 5.73 Å². The Morgan fingerprint density at radius 2 is 1.95 bits per heavy atom. The van der Waals surface area contributed by atoms with Gasteiger partial charge in [0.05, 0.1) is 5.69 Å². The molecule has 0 unspecified atom stereocenters. The van der Waals surface area contributed by atoms with Gasteiger partial charge in [-0.1, -0.05) is 0 Å². The second kappa shape index (κ2) is 6.56. The zero-order valence-electron chi connectivity index (χ0n) is 13.1. The summed E-state index contributed by atoms with van der Waals surface area (Å²) in [7, 11) is 0. The first kappa shape index (κ1) is 16.6. The third-order valence-corrected chi connectivity index (χ3v) is 4.16. The van der Waals surface area contributed by atoms with Gasteiger partial charge in [0.1, 0.15) is 16.6 Å². The summed E-state index contributed by atoms with van der Waals surface area (Å²) in [6.45, 7) is 6.56. The molecule has 7 heteroatoms. The van der Waals surface area contributed by atoms with Crippen LogP contribution in [0.5, 0.6) is 0 Å². The van der Waals surface area contributed by atoms with Crippen molar-refractivity contribution >= 4 is 29.1 Å². The molecule has 2 N–H and O–H groups in total. The van der Waals surface area contributed by atoms with Crippen LogP contribution in [-0.2, 0) is 9.47 Å². The van der Waals surface area contributed by atoms with E-state index in [1.807, 2.05) is 20.8 Å². The maximum atomic E-state index is 12.0. The molecule has 6 nitrogen and oxygen atoms in total. The van der Waals surface area contributed by atoms with E-state index in [4.69, 9.17) is 15.2 Å². The lowest BCUT2D eigenvalue weighted by atomic mass is 10.1. The number of rotatable bonds is 2. The van der Waals surface area contributed by atoms with E-state index < -0.39 is 5.60 Å². The van der Waals surface area contributed by atoms with Gasteiger partial charge in [-0.2, -0.15) is 0 Å². The number of esters is 1. The number of anilines is 1. The van der Waals surface area contributed by atoms with Gasteiger partial charge < -0.3 is 20.1 Å². The Kier molecular flexibility index (Phi) is 4.95. The summed E-state index contributed by atoms with van der Waals surface area (Å²) in [5.41, 5.74) is 5.65. The summed E-state index contributed by atoms with van der Waals surface area (Å²) in [4.78, 5) is 26.0. The zero-order valence-corrected chi connectivity index (χ0v) is 13.9. The number of carbonyl (C=O) groups excluding carboxylic acids is 2. The number of likely N-dealkylation sites (tertiary alicyclic amines) is 1. The Morgan fingerprint density at radius 1 is 1.32 bits per heavy atom. The Labute approximate surface area is 134 Å². The van der Waals surface area contributed by atoms with Crippen molar-refractivity contribution in [3.63, 3.8) is 0 Å². The van der Waals surface area contributed by atoms with Crippen LogP contribution in [0.1, 0.15) is 43.3 Å². The predicted molar refractivity (Wildman–Crippen MR) is 85.0 cm³/mol. The van der Waals surface area contributed by atoms with E-state index in [0.717, 1.165) is 0 Å². The van der Waals surface area contributed by atoms with Gasteiger partial charge in [-0.05, 0) is 32.2 Å². The number of nitrogen functional groups attached to an aromatic ring is 1. The summed E-state index contributed by atoms with van der Waals surface area (Å²) in [6.07, 6.45) is 0.708. The fraction of sp³-hybridized carbons (Fsp3) is 0.600. The maximum Gasteiger partial charge on any atom is 0.410 e. The number of amides is 1. The van der Waals surface area contributed by atoms with Crippen LogP contribution in [0.2, 0.25) is 0 Å². The Bertz CT molecular complexity index is 542. The smallest absolute Gasteiger partial charge is 0.410 e. The number of carbonyl (C=O) groups is 2. The molecule has 1 aromatic rings. The van der Waals surface area contributed by atoms with E-state index in [0.29, 0.717) is 36.5 Å². The second-order valence-electron chi connectivity index (χ2n) is 6.28. The van der Waals surface area contributed by atoms with Crippen molar-refractivity contribution in [1.82, 2.24) is 4.90 Å². The van der Waals surface area contributed by atoms with E-state index in [9.17, 15) is 9.59 Å². The molecule has 1 aliphatic rings. The number of piperidine rings is 1. The molecule has 1 fully saturated rings. The van der Waals surface area contributed by atoms with Crippen LogP contribution in [0.25, 0.3) is 0 Å². The molecule has 0 saturated carbocycles. The molecule has 0 aromatic carbocycles. The summed E-state index contributed by atoms with van der Waals surface area (Å²) in [5.74, 6) is -0.386. The van der Waals surface area contributed by atoms with Gasteiger partial charge in [-0.15, -0.1) is 11.3 Å². The van der Waals surface area contributed by atoms with Gasteiger partial charge in [0.15, 0.2) is 0 Å². The molecule has 1 aromatic heterocycles. The SMILES string of the molecule is CC(C)(C)OC(=O)N1CCC(OC(=O)c2sccc2N)CC1. The van der Waals surface area contributed by atoms with Crippen LogP contribution in [0, 0.1) is 0 Å². The van der Waals surface area contributed by atoms with Crippen LogP contribution >= 0.6 is 11.3 Å². The molecule has 0 bridgehead atoms. The molecule has 1 saturated heterocycles. The summed E-state index contributed by atoms with van der Waals surface area (Å²) >= 11 is 1.27. The third-order valence-electron chi connectivity index (χ3n) is 3.25. The lowest BCUT2D eigenvalue weighted by molar-refractivity contribution is -0.00307. The molecular formula is C15H22N2O4S. The molecule has 2 heterocycles. The van der Waals surface area contributed by atoms with E-state index in [1.54, 1.807) is 16.3 Å². The number of thiophene rings is 1. The van der Waals surface area contributed by atoms with Crippen molar-refractivity contribution in [3.8, 4) is 0 Å². The minimum Gasteiger partial charge on any atom is -0.458 e. The highest BCUT2D eigenvalue weighted by molar-refractivity contribution is 7.12. The zero-order chi connectivity index (χ0) is 16.3. The van der Waals surface area contributed by atoms with E-state index in [2.05, 4.69) is 0 Å². The third kappa shape index (κ3) is 4.37. The number of nitrogens with two attached hydrogens (primary N) is 1. The highest BCUT2D eigenvalue weighted by Crippen LogP contribution is 2.23. The average molecular weight is 326 g/mol. The standard InChI is InChI=1S/C15H22N2O4S/c1-15(2,3)21-14(19)17-7-4-10(5-8-17)20-13(18)12-11(16)6-9-22-12/h6,9-10H,4-5,7-8,16H2,1-3H3. The first-order valence-electron chi connectivity index (χ1n) is 7.28. The van der Waals surface area contributed by atoms with Gasteiger partial charge in [-0.3, -0.25) is 0 Å². The molecule has 1 aliphatic heterocycles. The molecule has 0 atom stereocenters. The normalized spacial score (nSPS) is 16.4. The Morgan fingerprint density at radius 3 is 2.45 bits per heavy atom. The van der Waals surface area contributed by atoms with Gasteiger partial charge >= 0.3 is 12.1 Å². The quantitative estimate of drug-likeness (QED) is 0.845. The fourth-order valence-corrected chi connectivity index (χ4v) is 2.87. The van der Waals surface area contributed by atoms with Gasteiger partial charge in [0, 0.05) is 25.9 Å². The minimum absolute atomic E-state index is 0.187. The highest BCUT2D eigenvalue weighted by atomic mass is 32.1. The molecule has 122 valence electrons. The van der Waals surface area contributed by atoms with E-state index in [-0.39, 0.29) is 18.2 Å². The van der Waals surface area contributed by atoms with Gasteiger partial charge in [0.25, 0.3) is 0 Å². The predicted octanol–water partition coefficient (Wildman–Crippen LogP) is 2.89. The fourth-order valence-electron chi connectivity index (χ4n) is 2.17. The highest BCUT2D eigenvalue weighted by Gasteiger charge is 2.29. The minimum atomic E-state index is -0.503. The molecule has 0 spiro atoms. The lowest BCUT2D eigenvalue weighted by Gasteiger charge is -2.33. The number of hydrogen-bond donors (Lipinski definition) is 1. The van der Waals surface area contributed by atoms with Crippen LogP contribution in [0.15, 0.2) is 11.4 Å². The Hall–Kier alpha value is -1.76. The van der Waals surface area contributed by atoms with Crippen molar-refractivity contribution in [1.29, 1.82) is 0 Å². The van der Waals surface area contributed by atoms with E-state index >= 15 is 0 Å². The molecular weight excluding hydrogens is 304 g/mol.